The molecule has 2 N–H and O–H groups in total. The Bertz CT molecular complexity index is 1470. The first-order valence-corrected chi connectivity index (χ1v) is 12.4. The van der Waals surface area contributed by atoms with Crippen LogP contribution >= 0.6 is 0 Å². The average Bonchev–Trinajstić information content (AvgIpc) is 3.36. The van der Waals surface area contributed by atoms with Gasteiger partial charge in [0.1, 0.15) is 5.67 Å². The topological polar surface area (TPSA) is 100 Å². The molecule has 4 aromatic rings. The smallest absolute Gasteiger partial charge is 0.857 e. The summed E-state index contributed by atoms with van der Waals surface area (Å²) in [4.78, 5) is 9.71. The fourth-order valence-electron chi connectivity index (χ4n) is 5.25. The molecule has 2 fully saturated rings. The van der Waals surface area contributed by atoms with Gasteiger partial charge in [-0.25, -0.2) is 32.0 Å². The quantitative estimate of drug-likeness (QED) is 0.296. The van der Waals surface area contributed by atoms with E-state index in [-0.39, 0.29) is 52.0 Å². The number of anilines is 1. The number of fused-ring (bicyclic) bond motifs is 2. The van der Waals surface area contributed by atoms with E-state index in [0.29, 0.717) is 29.6 Å². The van der Waals surface area contributed by atoms with E-state index in [1.807, 2.05) is 0 Å². The van der Waals surface area contributed by atoms with Crippen molar-refractivity contribution in [1.29, 1.82) is 0 Å². The van der Waals surface area contributed by atoms with E-state index < -0.39 is 30.3 Å². The van der Waals surface area contributed by atoms with Crippen LogP contribution in [0.15, 0.2) is 30.7 Å². The van der Waals surface area contributed by atoms with Crippen LogP contribution in [0.1, 0.15) is 39.0 Å². The van der Waals surface area contributed by atoms with Gasteiger partial charge in [-0.3, -0.25) is 0 Å². The summed E-state index contributed by atoms with van der Waals surface area (Å²) in [6, 6.07) is 4.62. The van der Waals surface area contributed by atoms with Crippen LogP contribution in [-0.4, -0.2) is 67.5 Å². The van der Waals surface area contributed by atoms with Crippen molar-refractivity contribution in [2.24, 2.45) is 0 Å². The van der Waals surface area contributed by atoms with Gasteiger partial charge < -0.3 is 20.3 Å². The zero-order valence-corrected chi connectivity index (χ0v) is 23.9. The Morgan fingerprint density at radius 3 is 2.59 bits per heavy atom. The summed E-state index contributed by atoms with van der Waals surface area (Å²) < 4.78 is 55.8. The molecule has 1 aliphatic heterocycles. The summed E-state index contributed by atoms with van der Waals surface area (Å²) in [5.41, 5.74) is 5.35. The fraction of sp³-hybridized carbons (Fsp3) is 0.480. The van der Waals surface area contributed by atoms with Crippen LogP contribution in [0.25, 0.3) is 27.7 Å². The van der Waals surface area contributed by atoms with Crippen molar-refractivity contribution in [2.45, 2.75) is 63.1 Å². The first-order valence-electron chi connectivity index (χ1n) is 12.4. The average molecular weight is 551 g/mol. The maximum atomic E-state index is 14.4. The predicted molar refractivity (Wildman–Crippen MR) is 134 cm³/mol. The van der Waals surface area contributed by atoms with Gasteiger partial charge in [-0.05, 0) is 62.3 Å². The van der Waals surface area contributed by atoms with Gasteiger partial charge in [0.05, 0.1) is 43.5 Å². The molecule has 2 radical (unpaired) electrons. The van der Waals surface area contributed by atoms with E-state index in [1.165, 1.54) is 23.4 Å². The second-order valence-corrected chi connectivity index (χ2v) is 10.3. The minimum absolute atomic E-state index is 0. The van der Waals surface area contributed by atoms with E-state index in [9.17, 15) is 22.7 Å². The zero-order chi connectivity index (χ0) is 27.2. The number of nitrogens with zero attached hydrogens (tertiary/aromatic N) is 6. The number of nitrogen functional groups attached to an aromatic ring is 1. The van der Waals surface area contributed by atoms with Gasteiger partial charge in [-0.15, -0.1) is 5.10 Å². The monoisotopic (exact) mass is 551 g/mol. The molecule has 39 heavy (non-hydrogen) atoms. The normalized spacial score (nSPS) is 20.9. The second kappa shape index (κ2) is 11.3. The molecule has 0 amide bonds. The van der Waals surface area contributed by atoms with E-state index >= 15 is 0 Å². The standard InChI is InChI=1S/C15H11F3N6O.C10H17BFN.Na/c16-8-4-24-13(14(25)21-15(19)22-24)12(8)7-1-2-9-10(3-7)23(6-20-9)5-11(17)18;1-9(12)4-3-7-13(8-9)10(11)5-2-6-10;/h1-4,6,11H,5H2,(H3,19,21,22,25);2-8H2,1H3;/q;;+1/p-1. The van der Waals surface area contributed by atoms with Gasteiger partial charge in [0.2, 0.25) is 5.95 Å². The fourth-order valence-corrected chi connectivity index (χ4v) is 5.25. The molecule has 2 aliphatic rings. The summed E-state index contributed by atoms with van der Waals surface area (Å²) in [5, 5.41) is 15.9. The molecule has 1 unspecified atom stereocenters. The Morgan fingerprint density at radius 2 is 1.95 bits per heavy atom. The molecular formula is C25H27BF4N7NaO. The van der Waals surface area contributed by atoms with Crippen molar-refractivity contribution in [1.82, 2.24) is 29.0 Å². The van der Waals surface area contributed by atoms with Crippen molar-refractivity contribution in [3.05, 3.63) is 36.5 Å². The Balaban J connectivity index is 0.000000213. The van der Waals surface area contributed by atoms with Crippen molar-refractivity contribution < 1.29 is 52.2 Å². The molecule has 14 heteroatoms. The van der Waals surface area contributed by atoms with Gasteiger partial charge in [0.25, 0.3) is 6.43 Å². The number of benzene rings is 1. The number of piperidine rings is 1. The molecule has 1 aliphatic carbocycles. The maximum Gasteiger partial charge on any atom is 1.00 e. The van der Waals surface area contributed by atoms with E-state index in [0.717, 1.165) is 36.5 Å². The number of rotatable bonds is 4. The SMILES string of the molecule is Nc1nc([O-])c2c(-c3ccc4ncn(CC(F)F)c4c3)c(F)cn2n1.[B]C1(N2CCCC(C)(F)C2)CCC1.[Na+]. The van der Waals surface area contributed by atoms with Crippen LogP contribution in [0.4, 0.5) is 23.5 Å². The van der Waals surface area contributed by atoms with Crippen LogP contribution in [0, 0.1) is 5.82 Å². The van der Waals surface area contributed by atoms with Crippen LogP contribution < -0.4 is 40.4 Å². The van der Waals surface area contributed by atoms with Crippen LogP contribution in [0.3, 0.4) is 0 Å². The molecule has 0 spiro atoms. The molecule has 4 heterocycles. The summed E-state index contributed by atoms with van der Waals surface area (Å²) in [6.07, 6.45) is 4.69. The molecule has 1 atom stereocenters. The minimum atomic E-state index is -2.56. The Hall–Kier alpha value is -2.35. The van der Waals surface area contributed by atoms with Crippen LogP contribution in [-0.2, 0) is 6.54 Å². The third-order valence-corrected chi connectivity index (χ3v) is 7.31. The van der Waals surface area contributed by atoms with Gasteiger partial charge in [-0.1, -0.05) is 12.5 Å². The van der Waals surface area contributed by atoms with E-state index in [2.05, 4.69) is 20.0 Å². The van der Waals surface area contributed by atoms with Crippen molar-refractivity contribution in [3.63, 3.8) is 0 Å². The van der Waals surface area contributed by atoms with Gasteiger partial charge >= 0.3 is 29.6 Å². The first-order chi connectivity index (χ1) is 18.0. The third kappa shape index (κ3) is 6.06. The number of imidazole rings is 1. The second-order valence-electron chi connectivity index (χ2n) is 10.3. The largest absolute Gasteiger partial charge is 1.00 e. The molecule has 3 aromatic heterocycles. The Morgan fingerprint density at radius 1 is 1.21 bits per heavy atom. The zero-order valence-electron chi connectivity index (χ0n) is 21.9. The number of halogens is 4. The molecule has 200 valence electrons. The molecule has 1 aromatic carbocycles. The first kappa shape index (κ1) is 29.6. The predicted octanol–water partition coefficient (Wildman–Crippen LogP) is 0.669. The Kier molecular flexibility index (Phi) is 8.56. The summed E-state index contributed by atoms with van der Waals surface area (Å²) in [7, 11) is 6.16. The van der Waals surface area contributed by atoms with Crippen molar-refractivity contribution >= 4 is 30.3 Å². The minimum Gasteiger partial charge on any atom is -0.857 e. The number of aromatic nitrogens is 5. The van der Waals surface area contributed by atoms with Gasteiger partial charge in [0.15, 0.2) is 5.82 Å². The number of hydrogen-bond acceptors (Lipinski definition) is 6. The van der Waals surface area contributed by atoms with Crippen LogP contribution in [0.2, 0.25) is 0 Å². The number of nitrogens with two attached hydrogens (primary N) is 1. The van der Waals surface area contributed by atoms with Crippen LogP contribution in [0.5, 0.6) is 5.88 Å². The Labute approximate surface area is 246 Å². The van der Waals surface area contributed by atoms with Crippen molar-refractivity contribution in [3.8, 4) is 17.0 Å². The summed E-state index contributed by atoms with van der Waals surface area (Å²) in [5.74, 6) is -1.70. The molecule has 8 nitrogen and oxygen atoms in total. The maximum absolute atomic E-state index is 14.4. The van der Waals surface area contributed by atoms with Crippen molar-refractivity contribution in [2.75, 3.05) is 18.8 Å². The summed E-state index contributed by atoms with van der Waals surface area (Å²) >= 11 is 0. The molecule has 0 bridgehead atoms. The number of alkyl halides is 3. The van der Waals surface area contributed by atoms with E-state index in [4.69, 9.17) is 13.6 Å². The van der Waals surface area contributed by atoms with Gasteiger partial charge in [-0.2, -0.15) is 0 Å². The summed E-state index contributed by atoms with van der Waals surface area (Å²) in [6.45, 7) is 2.67. The molecule has 1 saturated carbocycles. The van der Waals surface area contributed by atoms with Gasteiger partial charge in [0, 0.05) is 18.0 Å². The number of likely N-dealkylation sites (tertiary alicyclic amines) is 1. The third-order valence-electron chi connectivity index (χ3n) is 7.31. The van der Waals surface area contributed by atoms with E-state index in [1.54, 1.807) is 19.1 Å². The molecule has 1 saturated heterocycles. The molecular weight excluding hydrogens is 524 g/mol. The number of hydrogen-bond donors (Lipinski definition) is 1. The molecule has 6 rings (SSSR count).